The molecule has 2 heterocycles. The Labute approximate surface area is 200 Å². The van der Waals surface area contributed by atoms with Crippen molar-refractivity contribution < 1.29 is 23.7 Å². The third kappa shape index (κ3) is 4.10. The van der Waals surface area contributed by atoms with Gasteiger partial charge in [0.2, 0.25) is 0 Å². The molecule has 0 spiro atoms. The molecule has 1 aromatic heterocycles. The van der Waals surface area contributed by atoms with Gasteiger partial charge < -0.3 is 18.9 Å². The lowest BCUT2D eigenvalue weighted by molar-refractivity contribution is -0.136. The zero-order chi connectivity index (χ0) is 24.4. The normalized spacial score (nSPS) is 15.4. The summed E-state index contributed by atoms with van der Waals surface area (Å²) in [5, 5.41) is 0. The van der Waals surface area contributed by atoms with Gasteiger partial charge in [0.15, 0.2) is 16.3 Å². The Morgan fingerprint density at radius 3 is 2.32 bits per heavy atom. The summed E-state index contributed by atoms with van der Waals surface area (Å²) in [7, 11) is 5.99. The Morgan fingerprint density at radius 1 is 1.00 bits per heavy atom. The number of nitrogens with zero attached hydrogens (tertiary/aromatic N) is 2. The number of benzene rings is 2. The Bertz CT molecular complexity index is 1450. The van der Waals surface area contributed by atoms with E-state index in [0.29, 0.717) is 32.1 Å². The molecule has 34 heavy (non-hydrogen) atoms. The van der Waals surface area contributed by atoms with Gasteiger partial charge in [-0.3, -0.25) is 9.36 Å². The van der Waals surface area contributed by atoms with E-state index in [1.807, 2.05) is 24.3 Å². The van der Waals surface area contributed by atoms with Crippen LogP contribution >= 0.6 is 11.3 Å². The minimum atomic E-state index is -0.735. The number of allylic oxidation sites excluding steroid dienone is 1. The van der Waals surface area contributed by atoms with Gasteiger partial charge in [-0.25, -0.2) is 9.79 Å². The lowest BCUT2D eigenvalue weighted by Crippen LogP contribution is -2.39. The number of hydrogen-bond donors (Lipinski definition) is 0. The van der Waals surface area contributed by atoms with Crippen molar-refractivity contribution >= 4 is 23.4 Å². The van der Waals surface area contributed by atoms with E-state index in [1.165, 1.54) is 30.1 Å². The van der Waals surface area contributed by atoms with Crippen molar-refractivity contribution in [2.24, 2.45) is 4.99 Å². The van der Waals surface area contributed by atoms with Crippen molar-refractivity contribution in [2.45, 2.75) is 13.0 Å². The van der Waals surface area contributed by atoms with Crippen LogP contribution in [-0.2, 0) is 9.53 Å². The second-order valence-corrected chi connectivity index (χ2v) is 8.47. The lowest BCUT2D eigenvalue weighted by atomic mass is 9.95. The van der Waals surface area contributed by atoms with E-state index in [0.717, 1.165) is 11.3 Å². The summed E-state index contributed by atoms with van der Waals surface area (Å²) in [4.78, 5) is 31.4. The second-order valence-electron chi connectivity index (χ2n) is 7.46. The quantitative estimate of drug-likeness (QED) is 0.504. The fraction of sp³-hybridized carbons (Fsp3) is 0.240. The van der Waals surface area contributed by atoms with Crippen LogP contribution in [0.3, 0.4) is 0 Å². The summed E-state index contributed by atoms with van der Waals surface area (Å²) in [5.74, 6) is 1.20. The fourth-order valence-electron chi connectivity index (χ4n) is 3.88. The molecule has 9 heteroatoms. The molecular weight excluding hydrogens is 456 g/mol. The number of carbonyl (C=O) groups excluding carboxylic acids is 1. The van der Waals surface area contributed by atoms with Gasteiger partial charge in [0, 0.05) is 0 Å². The van der Waals surface area contributed by atoms with Crippen LogP contribution in [0.15, 0.2) is 63.5 Å². The third-order valence-corrected chi connectivity index (χ3v) is 6.55. The Hall–Kier alpha value is -3.85. The molecule has 0 radical (unpaired) electrons. The molecule has 1 atom stereocenters. The highest BCUT2D eigenvalue weighted by molar-refractivity contribution is 7.07. The minimum Gasteiger partial charge on any atom is -0.497 e. The zero-order valence-electron chi connectivity index (χ0n) is 19.4. The van der Waals surface area contributed by atoms with E-state index in [1.54, 1.807) is 45.4 Å². The molecule has 4 rings (SSSR count). The fourth-order valence-corrected chi connectivity index (χ4v) is 4.93. The molecule has 2 aromatic carbocycles. The zero-order valence-corrected chi connectivity index (χ0v) is 20.3. The monoisotopic (exact) mass is 480 g/mol. The summed E-state index contributed by atoms with van der Waals surface area (Å²) >= 11 is 1.26. The van der Waals surface area contributed by atoms with Crippen molar-refractivity contribution in [3.05, 3.63) is 84.5 Å². The molecule has 3 aromatic rings. The molecule has 1 aliphatic heterocycles. The van der Waals surface area contributed by atoms with Crippen LogP contribution in [0.5, 0.6) is 17.2 Å². The number of esters is 1. The van der Waals surface area contributed by atoms with Crippen LogP contribution in [-0.4, -0.2) is 39.0 Å². The summed E-state index contributed by atoms with van der Waals surface area (Å²) in [6, 6.07) is 12.0. The van der Waals surface area contributed by atoms with Crippen molar-refractivity contribution in [2.75, 3.05) is 28.4 Å². The summed E-state index contributed by atoms with van der Waals surface area (Å²) < 4.78 is 23.1. The van der Waals surface area contributed by atoms with E-state index < -0.39 is 12.0 Å². The van der Waals surface area contributed by atoms with Crippen molar-refractivity contribution in [1.29, 1.82) is 0 Å². The van der Waals surface area contributed by atoms with Crippen LogP contribution in [0.1, 0.15) is 24.1 Å². The van der Waals surface area contributed by atoms with Crippen molar-refractivity contribution in [3.63, 3.8) is 0 Å². The molecule has 0 N–H and O–H groups in total. The van der Waals surface area contributed by atoms with Gasteiger partial charge >= 0.3 is 5.97 Å². The predicted molar refractivity (Wildman–Crippen MR) is 128 cm³/mol. The van der Waals surface area contributed by atoms with Crippen LogP contribution in [0, 0.1) is 0 Å². The molecule has 1 unspecified atom stereocenters. The smallest absolute Gasteiger partial charge is 0.338 e. The Balaban J connectivity index is 1.95. The first kappa shape index (κ1) is 23.3. The number of fused-ring (bicyclic) bond motifs is 1. The average molecular weight is 481 g/mol. The highest BCUT2D eigenvalue weighted by atomic mass is 32.1. The van der Waals surface area contributed by atoms with Crippen molar-refractivity contribution in [1.82, 2.24) is 4.57 Å². The van der Waals surface area contributed by atoms with E-state index in [-0.39, 0.29) is 11.1 Å². The van der Waals surface area contributed by atoms with Gasteiger partial charge in [-0.15, -0.1) is 0 Å². The maximum atomic E-state index is 13.6. The second kappa shape index (κ2) is 9.56. The predicted octanol–water partition coefficient (Wildman–Crippen LogP) is 2.43. The summed E-state index contributed by atoms with van der Waals surface area (Å²) in [6.07, 6.45) is 1.80. The van der Waals surface area contributed by atoms with Gasteiger partial charge in [-0.1, -0.05) is 29.5 Å². The topological polar surface area (TPSA) is 88.4 Å². The van der Waals surface area contributed by atoms with E-state index in [9.17, 15) is 9.59 Å². The van der Waals surface area contributed by atoms with Crippen molar-refractivity contribution in [3.8, 4) is 17.2 Å². The van der Waals surface area contributed by atoms with Gasteiger partial charge in [-0.2, -0.15) is 0 Å². The van der Waals surface area contributed by atoms with Gasteiger partial charge in [-0.05, 0) is 48.4 Å². The van der Waals surface area contributed by atoms with E-state index >= 15 is 0 Å². The lowest BCUT2D eigenvalue weighted by Gasteiger charge is -2.25. The maximum absolute atomic E-state index is 13.6. The van der Waals surface area contributed by atoms with Crippen LogP contribution in [0.4, 0.5) is 0 Å². The van der Waals surface area contributed by atoms with E-state index in [4.69, 9.17) is 18.9 Å². The highest BCUT2D eigenvalue weighted by Gasteiger charge is 2.33. The molecule has 0 bridgehead atoms. The minimum absolute atomic E-state index is 0.256. The van der Waals surface area contributed by atoms with Gasteiger partial charge in [0.25, 0.3) is 5.56 Å². The average Bonchev–Trinajstić information content (AvgIpc) is 3.16. The molecule has 1 aliphatic rings. The molecule has 176 valence electrons. The van der Waals surface area contributed by atoms with E-state index in [2.05, 4.69) is 4.99 Å². The summed E-state index contributed by atoms with van der Waals surface area (Å²) in [5.41, 5.74) is 2.04. The molecule has 0 aliphatic carbocycles. The number of methoxy groups -OCH3 is 4. The third-order valence-electron chi connectivity index (χ3n) is 5.56. The SMILES string of the molecule is COC(=O)C1=C(C)N=c2s/c(=C/c3ccc(OC)cc3)c(=O)n2C1c1ccc(OC)c(OC)c1. The number of hydrogen-bond acceptors (Lipinski definition) is 8. The first-order chi connectivity index (χ1) is 16.4. The van der Waals surface area contributed by atoms with Crippen LogP contribution < -0.4 is 29.1 Å². The number of ether oxygens (including phenoxy) is 4. The highest BCUT2D eigenvalue weighted by Crippen LogP contribution is 2.35. The molecule has 0 fully saturated rings. The Morgan fingerprint density at radius 2 is 1.71 bits per heavy atom. The van der Waals surface area contributed by atoms with Gasteiger partial charge in [0.05, 0.1) is 50.3 Å². The molecular formula is C25H24N2O6S. The number of carbonyl (C=O) groups is 1. The standard InChI is InChI=1S/C25H24N2O6S/c1-14-21(24(29)33-5)22(16-8-11-18(31-3)19(13-16)32-4)27-23(28)20(34-25(27)26-14)12-15-6-9-17(30-2)10-7-15/h6-13,22H,1-5H3/b20-12+. The van der Waals surface area contributed by atoms with Crippen LogP contribution in [0.25, 0.3) is 6.08 Å². The molecule has 8 nitrogen and oxygen atoms in total. The maximum Gasteiger partial charge on any atom is 0.338 e. The van der Waals surface area contributed by atoms with Gasteiger partial charge in [0.1, 0.15) is 5.75 Å². The number of rotatable bonds is 6. The Kier molecular flexibility index (Phi) is 6.56. The number of thiazole rings is 1. The summed E-state index contributed by atoms with van der Waals surface area (Å²) in [6.45, 7) is 1.74. The largest absolute Gasteiger partial charge is 0.497 e. The molecule has 0 amide bonds. The van der Waals surface area contributed by atoms with Crippen LogP contribution in [0.2, 0.25) is 0 Å². The molecule has 0 saturated heterocycles. The molecule has 0 saturated carbocycles. The first-order valence-electron chi connectivity index (χ1n) is 10.4. The first-order valence-corrected chi connectivity index (χ1v) is 11.2. The number of aromatic nitrogens is 1.